The number of aliphatic hydroxyl groups is 1. The van der Waals surface area contributed by atoms with Crippen LogP contribution in [-0.2, 0) is 9.53 Å². The number of carbonyl (C=O) groups excluding carboxylic acids is 1. The Labute approximate surface area is 65.5 Å². The molecule has 0 bridgehead atoms. The second-order valence-electron chi connectivity index (χ2n) is 3.15. The largest absolute Gasteiger partial charge is 0.376 e. The second kappa shape index (κ2) is 2.79. The van der Waals surface area contributed by atoms with E-state index in [1.54, 1.807) is 0 Å². The van der Waals surface area contributed by atoms with Crippen LogP contribution >= 0.6 is 0 Å². The number of rotatable bonds is 2. The summed E-state index contributed by atoms with van der Waals surface area (Å²) in [5.74, 6) is -0.334. The third-order valence-corrected chi connectivity index (χ3v) is 1.52. The minimum Gasteiger partial charge on any atom is -0.376 e. The first-order chi connectivity index (χ1) is 5.04. The van der Waals surface area contributed by atoms with E-state index < -0.39 is 5.60 Å². The number of amides is 1. The molecule has 4 heteroatoms. The van der Waals surface area contributed by atoms with Crippen LogP contribution < -0.4 is 5.32 Å². The smallest absolute Gasteiger partial charge is 0.257 e. The SMILES string of the molecule is CC(C)NC(=O)C1(O)COC1. The molecule has 1 amide bonds. The maximum Gasteiger partial charge on any atom is 0.257 e. The van der Waals surface area contributed by atoms with Crippen LogP contribution in [0.25, 0.3) is 0 Å². The number of hydrogen-bond donors (Lipinski definition) is 2. The Balaban J connectivity index is 2.40. The Kier molecular flexibility index (Phi) is 2.15. The third kappa shape index (κ3) is 1.70. The summed E-state index contributed by atoms with van der Waals surface area (Å²) < 4.78 is 4.73. The van der Waals surface area contributed by atoms with Gasteiger partial charge in [-0.25, -0.2) is 0 Å². The zero-order valence-corrected chi connectivity index (χ0v) is 6.76. The maximum atomic E-state index is 11.1. The fourth-order valence-electron chi connectivity index (χ4n) is 0.823. The molecule has 1 saturated heterocycles. The molecule has 0 radical (unpaired) electrons. The molecule has 1 rings (SSSR count). The fraction of sp³-hybridized carbons (Fsp3) is 0.857. The first-order valence-electron chi connectivity index (χ1n) is 3.66. The monoisotopic (exact) mass is 159 g/mol. The van der Waals surface area contributed by atoms with Crippen molar-refractivity contribution in [2.45, 2.75) is 25.5 Å². The summed E-state index contributed by atoms with van der Waals surface area (Å²) in [6.45, 7) is 3.93. The molecule has 1 aliphatic heterocycles. The summed E-state index contributed by atoms with van der Waals surface area (Å²) in [5.41, 5.74) is -1.26. The summed E-state index contributed by atoms with van der Waals surface area (Å²) in [4.78, 5) is 11.1. The van der Waals surface area contributed by atoms with Gasteiger partial charge >= 0.3 is 0 Å². The predicted molar refractivity (Wildman–Crippen MR) is 39.0 cm³/mol. The minimum atomic E-state index is -1.26. The van der Waals surface area contributed by atoms with Gasteiger partial charge in [0.05, 0.1) is 13.2 Å². The first kappa shape index (κ1) is 8.49. The van der Waals surface area contributed by atoms with Crippen molar-refractivity contribution >= 4 is 5.91 Å². The maximum absolute atomic E-state index is 11.1. The zero-order valence-electron chi connectivity index (χ0n) is 6.76. The molecule has 0 aromatic rings. The van der Waals surface area contributed by atoms with E-state index in [0.717, 1.165) is 0 Å². The van der Waals surface area contributed by atoms with Gasteiger partial charge in [0.2, 0.25) is 0 Å². The highest BCUT2D eigenvalue weighted by Crippen LogP contribution is 2.16. The average Bonchev–Trinajstić information content (AvgIpc) is 1.81. The lowest BCUT2D eigenvalue weighted by Gasteiger charge is -2.35. The average molecular weight is 159 g/mol. The van der Waals surface area contributed by atoms with Crippen LogP contribution in [0.15, 0.2) is 0 Å². The molecule has 64 valence electrons. The summed E-state index contributed by atoms with van der Waals surface area (Å²) in [6.07, 6.45) is 0. The topological polar surface area (TPSA) is 58.6 Å². The first-order valence-corrected chi connectivity index (χ1v) is 3.66. The van der Waals surface area contributed by atoms with Gasteiger partial charge in [0.15, 0.2) is 5.60 Å². The van der Waals surface area contributed by atoms with Crippen LogP contribution in [0, 0.1) is 0 Å². The third-order valence-electron chi connectivity index (χ3n) is 1.52. The lowest BCUT2D eigenvalue weighted by molar-refractivity contribution is -0.191. The van der Waals surface area contributed by atoms with Gasteiger partial charge in [-0.15, -0.1) is 0 Å². The van der Waals surface area contributed by atoms with Crippen LogP contribution in [0.5, 0.6) is 0 Å². The molecule has 1 heterocycles. The van der Waals surface area contributed by atoms with Gasteiger partial charge in [0.1, 0.15) is 0 Å². The fourth-order valence-corrected chi connectivity index (χ4v) is 0.823. The number of hydrogen-bond acceptors (Lipinski definition) is 3. The van der Waals surface area contributed by atoms with Crippen molar-refractivity contribution < 1.29 is 14.6 Å². The van der Waals surface area contributed by atoms with E-state index in [-0.39, 0.29) is 25.2 Å². The van der Waals surface area contributed by atoms with E-state index >= 15 is 0 Å². The van der Waals surface area contributed by atoms with Crippen molar-refractivity contribution in [3.8, 4) is 0 Å². The minimum absolute atomic E-state index is 0.0622. The molecule has 1 fully saturated rings. The summed E-state index contributed by atoms with van der Waals surface area (Å²) in [5, 5.41) is 12.0. The Hall–Kier alpha value is -0.610. The van der Waals surface area contributed by atoms with Crippen LogP contribution in [0.1, 0.15) is 13.8 Å². The van der Waals surface area contributed by atoms with Crippen molar-refractivity contribution in [2.24, 2.45) is 0 Å². The molecule has 2 N–H and O–H groups in total. The summed E-state index contributed by atoms with van der Waals surface area (Å²) in [7, 11) is 0. The Morgan fingerprint density at radius 1 is 1.64 bits per heavy atom. The van der Waals surface area contributed by atoms with Crippen molar-refractivity contribution in [3.05, 3.63) is 0 Å². The van der Waals surface area contributed by atoms with Crippen molar-refractivity contribution in [1.82, 2.24) is 5.32 Å². The molecular formula is C7H13NO3. The van der Waals surface area contributed by atoms with Gasteiger partial charge in [0.25, 0.3) is 5.91 Å². The molecule has 0 unspecified atom stereocenters. The Bertz CT molecular complexity index is 163. The van der Waals surface area contributed by atoms with E-state index in [9.17, 15) is 9.90 Å². The van der Waals surface area contributed by atoms with Crippen LogP contribution in [0.4, 0.5) is 0 Å². The molecule has 4 nitrogen and oxygen atoms in total. The van der Waals surface area contributed by atoms with Crippen molar-refractivity contribution in [3.63, 3.8) is 0 Å². The van der Waals surface area contributed by atoms with E-state index in [1.807, 2.05) is 13.8 Å². The van der Waals surface area contributed by atoms with Gasteiger partial charge in [-0.3, -0.25) is 4.79 Å². The lowest BCUT2D eigenvalue weighted by Crippen LogP contribution is -2.61. The Morgan fingerprint density at radius 3 is 2.45 bits per heavy atom. The molecule has 0 saturated carbocycles. The van der Waals surface area contributed by atoms with Gasteiger partial charge in [-0.2, -0.15) is 0 Å². The Morgan fingerprint density at radius 2 is 2.18 bits per heavy atom. The lowest BCUT2D eigenvalue weighted by atomic mass is 10.0. The standard InChI is InChI=1S/C7H13NO3/c1-5(2)8-6(9)7(10)3-11-4-7/h5,10H,3-4H2,1-2H3,(H,8,9). The molecule has 11 heavy (non-hydrogen) atoms. The quantitative estimate of drug-likeness (QED) is 0.558. The number of ether oxygens (including phenoxy) is 1. The van der Waals surface area contributed by atoms with E-state index in [2.05, 4.69) is 5.32 Å². The molecule has 0 aliphatic carbocycles. The van der Waals surface area contributed by atoms with E-state index in [4.69, 9.17) is 4.74 Å². The number of nitrogens with one attached hydrogen (secondary N) is 1. The van der Waals surface area contributed by atoms with Crippen LogP contribution in [-0.4, -0.2) is 35.9 Å². The molecular weight excluding hydrogens is 146 g/mol. The van der Waals surface area contributed by atoms with Gasteiger partial charge in [-0.05, 0) is 13.8 Å². The highest BCUT2D eigenvalue weighted by atomic mass is 16.5. The van der Waals surface area contributed by atoms with Gasteiger partial charge < -0.3 is 15.2 Å². The van der Waals surface area contributed by atoms with Crippen LogP contribution in [0.2, 0.25) is 0 Å². The molecule has 1 aliphatic rings. The number of carbonyl (C=O) groups is 1. The summed E-state index contributed by atoms with van der Waals surface area (Å²) in [6, 6.07) is 0.0622. The van der Waals surface area contributed by atoms with Gasteiger partial charge in [-0.1, -0.05) is 0 Å². The zero-order chi connectivity index (χ0) is 8.48. The summed E-state index contributed by atoms with van der Waals surface area (Å²) >= 11 is 0. The predicted octanol–water partition coefficient (Wildman–Crippen LogP) is -0.728. The van der Waals surface area contributed by atoms with Crippen LogP contribution in [0.3, 0.4) is 0 Å². The van der Waals surface area contributed by atoms with E-state index in [0.29, 0.717) is 0 Å². The highest BCUT2D eigenvalue weighted by molar-refractivity contribution is 5.86. The molecule has 0 aromatic carbocycles. The van der Waals surface area contributed by atoms with Gasteiger partial charge in [0, 0.05) is 6.04 Å². The molecule has 0 aromatic heterocycles. The van der Waals surface area contributed by atoms with Crippen molar-refractivity contribution in [1.29, 1.82) is 0 Å². The normalized spacial score (nSPS) is 21.1. The highest BCUT2D eigenvalue weighted by Gasteiger charge is 2.43. The van der Waals surface area contributed by atoms with Crippen molar-refractivity contribution in [2.75, 3.05) is 13.2 Å². The molecule has 0 spiro atoms. The van der Waals surface area contributed by atoms with E-state index in [1.165, 1.54) is 0 Å². The second-order valence-corrected chi connectivity index (χ2v) is 3.15. The molecule has 0 atom stereocenters.